The van der Waals surface area contributed by atoms with E-state index in [-0.39, 0.29) is 19.6 Å². The van der Waals surface area contributed by atoms with Crippen LogP contribution in [0.2, 0.25) is 0 Å². The molecule has 0 aromatic carbocycles. The van der Waals surface area contributed by atoms with Crippen molar-refractivity contribution < 1.29 is 19.8 Å². The van der Waals surface area contributed by atoms with Gasteiger partial charge in [-0.25, -0.2) is 14.6 Å². The second-order valence-corrected chi connectivity index (χ2v) is 4.16. The molecule has 0 spiro atoms. The van der Waals surface area contributed by atoms with Crippen LogP contribution in [-0.4, -0.2) is 56.4 Å². The van der Waals surface area contributed by atoms with Crippen LogP contribution >= 0.6 is 0 Å². The van der Waals surface area contributed by atoms with Gasteiger partial charge in [-0.05, 0) is 0 Å². The number of hydrogen-bond donors (Lipinski definition) is 3. The van der Waals surface area contributed by atoms with Gasteiger partial charge in [0.2, 0.25) is 0 Å². The molecule has 1 aromatic heterocycles. The molecule has 0 radical (unpaired) electrons. The maximum atomic E-state index is 11.8. The highest BCUT2D eigenvalue weighted by Gasteiger charge is 2.21. The molecule has 8 heteroatoms. The Morgan fingerprint density at radius 2 is 2.26 bits per heavy atom. The summed E-state index contributed by atoms with van der Waals surface area (Å²) in [6.07, 6.45) is 3.34. The van der Waals surface area contributed by atoms with Gasteiger partial charge in [-0.1, -0.05) is 0 Å². The highest BCUT2D eigenvalue weighted by Crippen LogP contribution is 2.01. The van der Waals surface area contributed by atoms with E-state index >= 15 is 0 Å². The molecule has 0 bridgehead atoms. The number of hydrogen-bond acceptors (Lipinski definition) is 4. The number of carbonyl (C=O) groups excluding carboxylic acids is 1. The Morgan fingerprint density at radius 3 is 2.74 bits per heavy atom. The second kappa shape index (κ2) is 6.74. The average molecular weight is 270 g/mol. The number of nitrogens with one attached hydrogen (secondary N) is 1. The van der Waals surface area contributed by atoms with Crippen LogP contribution < -0.4 is 5.32 Å². The van der Waals surface area contributed by atoms with Crippen LogP contribution in [0.5, 0.6) is 0 Å². The molecule has 0 unspecified atom stereocenters. The zero-order valence-corrected chi connectivity index (χ0v) is 10.9. The summed E-state index contributed by atoms with van der Waals surface area (Å²) in [4.78, 5) is 28.1. The Morgan fingerprint density at radius 1 is 1.58 bits per heavy atom. The summed E-state index contributed by atoms with van der Waals surface area (Å²) in [6.45, 7) is -0.0406. The SMILES string of the molecule is CN(Cc1nccn1C)C(=O)N[C@H](CCO)C(=O)O. The van der Waals surface area contributed by atoms with Gasteiger partial charge in [0.05, 0.1) is 6.54 Å². The van der Waals surface area contributed by atoms with E-state index in [0.29, 0.717) is 5.82 Å². The number of aryl methyl sites for hydroxylation is 1. The Kier molecular flexibility index (Phi) is 5.31. The van der Waals surface area contributed by atoms with E-state index in [0.717, 1.165) is 0 Å². The fourth-order valence-corrected chi connectivity index (χ4v) is 1.48. The minimum absolute atomic E-state index is 0.0304. The van der Waals surface area contributed by atoms with Crippen LogP contribution in [0.25, 0.3) is 0 Å². The number of imidazole rings is 1. The molecule has 0 aliphatic rings. The summed E-state index contributed by atoms with van der Waals surface area (Å²) in [5.74, 6) is -0.487. The van der Waals surface area contributed by atoms with E-state index in [1.54, 1.807) is 31.1 Å². The van der Waals surface area contributed by atoms with E-state index in [1.165, 1.54) is 4.90 Å². The maximum Gasteiger partial charge on any atom is 0.326 e. The molecule has 8 nitrogen and oxygen atoms in total. The summed E-state index contributed by atoms with van der Waals surface area (Å²) >= 11 is 0. The Hall–Kier alpha value is -2.09. The van der Waals surface area contributed by atoms with Gasteiger partial charge in [0.15, 0.2) is 0 Å². The zero-order valence-electron chi connectivity index (χ0n) is 10.9. The van der Waals surface area contributed by atoms with Gasteiger partial charge >= 0.3 is 12.0 Å². The van der Waals surface area contributed by atoms with E-state index in [2.05, 4.69) is 10.3 Å². The molecule has 1 aromatic rings. The predicted octanol–water partition coefficient (Wildman–Crippen LogP) is -0.603. The number of aliphatic hydroxyl groups is 1. The monoisotopic (exact) mass is 270 g/mol. The lowest BCUT2D eigenvalue weighted by atomic mass is 10.2. The van der Waals surface area contributed by atoms with Crippen molar-refractivity contribution in [3.63, 3.8) is 0 Å². The predicted molar refractivity (Wildman–Crippen MR) is 66.3 cm³/mol. The van der Waals surface area contributed by atoms with E-state index in [4.69, 9.17) is 10.2 Å². The molecule has 0 aliphatic heterocycles. The Labute approximate surface area is 110 Å². The maximum absolute atomic E-state index is 11.8. The number of aromatic nitrogens is 2. The molecule has 19 heavy (non-hydrogen) atoms. The van der Waals surface area contributed by atoms with Gasteiger partial charge in [-0.3, -0.25) is 0 Å². The summed E-state index contributed by atoms with van der Waals surface area (Å²) in [7, 11) is 3.35. The van der Waals surface area contributed by atoms with Crippen molar-refractivity contribution in [3.8, 4) is 0 Å². The number of amides is 2. The third-order valence-electron chi connectivity index (χ3n) is 2.66. The van der Waals surface area contributed by atoms with Crippen LogP contribution in [0.3, 0.4) is 0 Å². The summed E-state index contributed by atoms with van der Waals surface area (Å²) in [5.41, 5.74) is 0. The molecule has 1 atom stereocenters. The number of urea groups is 1. The molecule has 2 amide bonds. The first-order valence-corrected chi connectivity index (χ1v) is 5.77. The standard InChI is InChI=1S/C11H18N4O4/c1-14-5-4-12-9(14)7-15(2)11(19)13-8(3-6-16)10(17)18/h4-5,8,16H,3,6-7H2,1-2H3,(H,13,19)(H,17,18)/t8-/m1/s1. The lowest BCUT2D eigenvalue weighted by Gasteiger charge is -2.20. The van der Waals surface area contributed by atoms with Crippen molar-refractivity contribution in [1.29, 1.82) is 0 Å². The summed E-state index contributed by atoms with van der Waals surface area (Å²) in [5, 5.41) is 20.0. The van der Waals surface area contributed by atoms with Gasteiger partial charge in [0, 0.05) is 39.5 Å². The van der Waals surface area contributed by atoms with E-state index in [9.17, 15) is 9.59 Å². The number of aliphatic carboxylic acids is 1. The topological polar surface area (TPSA) is 108 Å². The van der Waals surface area contributed by atoms with Crippen LogP contribution in [0, 0.1) is 0 Å². The van der Waals surface area contributed by atoms with Crippen LogP contribution in [0.4, 0.5) is 4.79 Å². The van der Waals surface area contributed by atoms with Crippen molar-refractivity contribution in [2.45, 2.75) is 19.0 Å². The third kappa shape index (κ3) is 4.25. The lowest BCUT2D eigenvalue weighted by molar-refractivity contribution is -0.139. The number of carboxylic acid groups (broad SMARTS) is 1. The van der Waals surface area contributed by atoms with Crippen molar-refractivity contribution in [1.82, 2.24) is 19.8 Å². The normalized spacial score (nSPS) is 11.9. The Balaban J connectivity index is 2.57. The number of carbonyl (C=O) groups is 2. The van der Waals surface area contributed by atoms with Gasteiger partial charge in [-0.2, -0.15) is 0 Å². The second-order valence-electron chi connectivity index (χ2n) is 4.16. The van der Waals surface area contributed by atoms with Crippen LogP contribution in [-0.2, 0) is 18.4 Å². The molecular formula is C11H18N4O4. The van der Waals surface area contributed by atoms with Gasteiger partial charge in [0.25, 0.3) is 0 Å². The molecule has 1 heterocycles. The molecular weight excluding hydrogens is 252 g/mol. The van der Waals surface area contributed by atoms with E-state index in [1.807, 2.05) is 0 Å². The number of nitrogens with zero attached hydrogens (tertiary/aromatic N) is 3. The zero-order chi connectivity index (χ0) is 14.4. The molecule has 0 aliphatic carbocycles. The van der Waals surface area contributed by atoms with Crippen molar-refractivity contribution >= 4 is 12.0 Å². The fraction of sp³-hybridized carbons (Fsp3) is 0.545. The number of rotatable bonds is 6. The lowest BCUT2D eigenvalue weighted by Crippen LogP contribution is -2.47. The molecule has 3 N–H and O–H groups in total. The minimum atomic E-state index is -1.17. The average Bonchev–Trinajstić information content (AvgIpc) is 2.74. The molecule has 0 fully saturated rings. The first-order valence-electron chi connectivity index (χ1n) is 5.77. The highest BCUT2D eigenvalue weighted by molar-refractivity contribution is 5.82. The van der Waals surface area contributed by atoms with Crippen LogP contribution in [0.1, 0.15) is 12.2 Å². The summed E-state index contributed by atoms with van der Waals surface area (Å²) < 4.78 is 1.77. The van der Waals surface area contributed by atoms with Crippen molar-refractivity contribution in [2.24, 2.45) is 7.05 Å². The van der Waals surface area contributed by atoms with Crippen molar-refractivity contribution in [3.05, 3.63) is 18.2 Å². The summed E-state index contributed by atoms with van der Waals surface area (Å²) in [6, 6.07) is -1.62. The van der Waals surface area contributed by atoms with Crippen molar-refractivity contribution in [2.75, 3.05) is 13.7 Å². The quantitative estimate of drug-likeness (QED) is 0.639. The molecule has 0 saturated carbocycles. The minimum Gasteiger partial charge on any atom is -0.480 e. The highest BCUT2D eigenvalue weighted by atomic mass is 16.4. The van der Waals surface area contributed by atoms with Crippen LogP contribution in [0.15, 0.2) is 12.4 Å². The number of carboxylic acids is 1. The third-order valence-corrected chi connectivity index (χ3v) is 2.66. The first-order chi connectivity index (χ1) is 8.95. The largest absolute Gasteiger partial charge is 0.480 e. The first kappa shape index (κ1) is 15.0. The van der Waals surface area contributed by atoms with Gasteiger partial charge in [-0.15, -0.1) is 0 Å². The Bertz CT molecular complexity index is 446. The molecule has 0 saturated heterocycles. The molecule has 1 rings (SSSR count). The smallest absolute Gasteiger partial charge is 0.326 e. The van der Waals surface area contributed by atoms with Gasteiger partial charge < -0.3 is 25.0 Å². The fourth-order valence-electron chi connectivity index (χ4n) is 1.48. The number of aliphatic hydroxyl groups excluding tert-OH is 1. The van der Waals surface area contributed by atoms with Gasteiger partial charge in [0.1, 0.15) is 11.9 Å². The van der Waals surface area contributed by atoms with E-state index < -0.39 is 18.0 Å². The molecule has 106 valence electrons.